The van der Waals surface area contributed by atoms with Gasteiger partial charge in [0.1, 0.15) is 6.04 Å². The second-order valence-corrected chi connectivity index (χ2v) is 6.45. The summed E-state index contributed by atoms with van der Waals surface area (Å²) in [6.07, 6.45) is 7.67. The van der Waals surface area contributed by atoms with Crippen molar-refractivity contribution in [3.05, 3.63) is 48.5 Å². The fraction of sp³-hybridized carbons (Fsp3) is 0.389. The standard InChI is InChI=1S/C18H21N5O/c1-13(23-12-19-15-6-3-4-7-17(15)23)18(24)22-9-5-8-16(22)14-10-20-21(2)11-14/h3-4,6-7,10-13,16H,5,8-9H2,1-2H3/t13-,16-/m0/s1. The minimum atomic E-state index is -0.269. The summed E-state index contributed by atoms with van der Waals surface area (Å²) in [5.74, 6) is 0.143. The first kappa shape index (κ1) is 14.9. The van der Waals surface area contributed by atoms with Crippen LogP contribution in [0.2, 0.25) is 0 Å². The molecule has 0 spiro atoms. The van der Waals surface area contributed by atoms with Crippen LogP contribution in [0.1, 0.15) is 37.4 Å². The van der Waals surface area contributed by atoms with Crippen molar-refractivity contribution in [2.24, 2.45) is 7.05 Å². The van der Waals surface area contributed by atoms with E-state index in [0.717, 1.165) is 36.0 Å². The lowest BCUT2D eigenvalue weighted by molar-refractivity contribution is -0.135. The van der Waals surface area contributed by atoms with Crippen molar-refractivity contribution in [3.8, 4) is 0 Å². The summed E-state index contributed by atoms with van der Waals surface area (Å²) in [7, 11) is 1.91. The van der Waals surface area contributed by atoms with E-state index < -0.39 is 0 Å². The van der Waals surface area contributed by atoms with Crippen LogP contribution in [-0.4, -0.2) is 36.7 Å². The molecule has 1 aromatic carbocycles. The minimum absolute atomic E-state index is 0.128. The predicted molar refractivity (Wildman–Crippen MR) is 91.3 cm³/mol. The third-order valence-electron chi connectivity index (χ3n) is 4.90. The summed E-state index contributed by atoms with van der Waals surface area (Å²) in [6.45, 7) is 2.75. The van der Waals surface area contributed by atoms with Gasteiger partial charge in [0.2, 0.25) is 5.91 Å². The SMILES string of the molecule is C[C@@H](C(=O)N1CCC[C@H]1c1cnn(C)c1)n1cnc2ccccc21. The van der Waals surface area contributed by atoms with Gasteiger partial charge in [0, 0.05) is 25.4 Å². The number of hydrogen-bond donors (Lipinski definition) is 0. The molecule has 0 N–H and O–H groups in total. The van der Waals surface area contributed by atoms with Crippen LogP contribution >= 0.6 is 0 Å². The van der Waals surface area contributed by atoms with Gasteiger partial charge >= 0.3 is 0 Å². The molecule has 0 radical (unpaired) electrons. The third kappa shape index (κ3) is 2.38. The molecule has 3 aromatic rings. The summed E-state index contributed by atoms with van der Waals surface area (Å²) in [6, 6.07) is 7.78. The zero-order chi connectivity index (χ0) is 16.7. The van der Waals surface area contributed by atoms with Gasteiger partial charge < -0.3 is 9.47 Å². The van der Waals surface area contributed by atoms with E-state index in [2.05, 4.69) is 10.1 Å². The number of carbonyl (C=O) groups is 1. The quantitative estimate of drug-likeness (QED) is 0.744. The van der Waals surface area contributed by atoms with Gasteiger partial charge in [0.15, 0.2) is 0 Å². The van der Waals surface area contributed by atoms with Gasteiger partial charge in [-0.15, -0.1) is 0 Å². The number of aromatic nitrogens is 4. The molecule has 6 nitrogen and oxygen atoms in total. The van der Waals surface area contributed by atoms with Crippen molar-refractivity contribution in [2.75, 3.05) is 6.54 Å². The lowest BCUT2D eigenvalue weighted by atomic mass is 10.1. The van der Waals surface area contributed by atoms with Crippen molar-refractivity contribution in [1.29, 1.82) is 0 Å². The van der Waals surface area contributed by atoms with Gasteiger partial charge in [-0.25, -0.2) is 4.98 Å². The first-order chi connectivity index (χ1) is 11.6. The number of amides is 1. The summed E-state index contributed by atoms with van der Waals surface area (Å²) in [5, 5.41) is 4.25. The Labute approximate surface area is 140 Å². The molecule has 0 aliphatic carbocycles. The van der Waals surface area contributed by atoms with Crippen LogP contribution in [0.3, 0.4) is 0 Å². The first-order valence-corrected chi connectivity index (χ1v) is 8.36. The lowest BCUT2D eigenvalue weighted by Gasteiger charge is -2.27. The van der Waals surface area contributed by atoms with Crippen molar-refractivity contribution >= 4 is 16.9 Å². The monoisotopic (exact) mass is 323 g/mol. The maximum Gasteiger partial charge on any atom is 0.245 e. The maximum absolute atomic E-state index is 13.1. The Balaban J connectivity index is 1.62. The number of hydrogen-bond acceptors (Lipinski definition) is 3. The van der Waals surface area contributed by atoms with Crippen LogP contribution < -0.4 is 0 Å². The first-order valence-electron chi connectivity index (χ1n) is 8.36. The molecule has 124 valence electrons. The van der Waals surface area contributed by atoms with E-state index in [1.54, 1.807) is 11.0 Å². The average Bonchev–Trinajstić information content (AvgIpc) is 3.31. The van der Waals surface area contributed by atoms with Crippen LogP contribution in [0.25, 0.3) is 11.0 Å². The summed E-state index contributed by atoms with van der Waals surface area (Å²) in [5.41, 5.74) is 3.03. The summed E-state index contributed by atoms with van der Waals surface area (Å²) in [4.78, 5) is 19.5. The van der Waals surface area contributed by atoms with E-state index in [0.29, 0.717) is 0 Å². The number of rotatable bonds is 3. The molecule has 3 heterocycles. The third-order valence-corrected chi connectivity index (χ3v) is 4.90. The normalized spacial score (nSPS) is 19.1. The van der Waals surface area contributed by atoms with Crippen LogP contribution in [0, 0.1) is 0 Å². The fourth-order valence-electron chi connectivity index (χ4n) is 3.64. The minimum Gasteiger partial charge on any atom is -0.334 e. The topological polar surface area (TPSA) is 56.0 Å². The van der Waals surface area contributed by atoms with E-state index in [1.165, 1.54) is 0 Å². The summed E-state index contributed by atoms with van der Waals surface area (Å²) >= 11 is 0. The second-order valence-electron chi connectivity index (χ2n) is 6.45. The van der Waals surface area contributed by atoms with Gasteiger partial charge in [-0.3, -0.25) is 9.48 Å². The second kappa shape index (κ2) is 5.78. The highest BCUT2D eigenvalue weighted by atomic mass is 16.2. The molecule has 4 rings (SSSR count). The Bertz CT molecular complexity index is 880. The van der Waals surface area contributed by atoms with Gasteiger partial charge in [-0.2, -0.15) is 5.10 Å². The molecule has 24 heavy (non-hydrogen) atoms. The van der Waals surface area contributed by atoms with Gasteiger partial charge in [-0.05, 0) is 31.9 Å². The Morgan fingerprint density at radius 3 is 2.96 bits per heavy atom. The van der Waals surface area contributed by atoms with E-state index in [9.17, 15) is 4.79 Å². The van der Waals surface area contributed by atoms with E-state index >= 15 is 0 Å². The Kier molecular flexibility index (Phi) is 3.59. The number of imidazole rings is 1. The lowest BCUT2D eigenvalue weighted by Crippen LogP contribution is -2.35. The number of fused-ring (bicyclic) bond motifs is 1. The van der Waals surface area contributed by atoms with Crippen molar-refractivity contribution < 1.29 is 4.79 Å². The van der Waals surface area contributed by atoms with Crippen molar-refractivity contribution in [2.45, 2.75) is 31.8 Å². The van der Waals surface area contributed by atoms with E-state index in [4.69, 9.17) is 0 Å². The van der Waals surface area contributed by atoms with Crippen molar-refractivity contribution in [3.63, 3.8) is 0 Å². The highest BCUT2D eigenvalue weighted by Crippen LogP contribution is 2.33. The molecule has 1 saturated heterocycles. The van der Waals surface area contributed by atoms with Crippen LogP contribution in [0.4, 0.5) is 0 Å². The van der Waals surface area contributed by atoms with Crippen LogP contribution in [-0.2, 0) is 11.8 Å². The molecule has 0 bridgehead atoms. The molecular formula is C18H21N5O. The number of nitrogens with zero attached hydrogens (tertiary/aromatic N) is 5. The molecule has 2 aromatic heterocycles. The van der Waals surface area contributed by atoms with Gasteiger partial charge in [0.25, 0.3) is 0 Å². The summed E-state index contributed by atoms with van der Waals surface area (Å²) < 4.78 is 3.76. The number of aryl methyl sites for hydroxylation is 1. The van der Waals surface area contributed by atoms with Crippen LogP contribution in [0.5, 0.6) is 0 Å². The highest BCUT2D eigenvalue weighted by Gasteiger charge is 2.33. The molecule has 1 amide bonds. The number of para-hydroxylation sites is 2. The fourth-order valence-corrected chi connectivity index (χ4v) is 3.64. The zero-order valence-electron chi connectivity index (χ0n) is 14.0. The Morgan fingerprint density at radius 2 is 2.17 bits per heavy atom. The smallest absolute Gasteiger partial charge is 0.245 e. The average molecular weight is 323 g/mol. The molecule has 2 atom stereocenters. The number of carbonyl (C=O) groups excluding carboxylic acids is 1. The molecule has 1 aliphatic rings. The largest absolute Gasteiger partial charge is 0.334 e. The van der Waals surface area contributed by atoms with E-state index in [1.807, 2.05) is 60.1 Å². The van der Waals surface area contributed by atoms with Crippen molar-refractivity contribution in [1.82, 2.24) is 24.2 Å². The van der Waals surface area contributed by atoms with E-state index in [-0.39, 0.29) is 18.0 Å². The highest BCUT2D eigenvalue weighted by molar-refractivity contribution is 5.84. The maximum atomic E-state index is 13.1. The molecule has 0 saturated carbocycles. The van der Waals surface area contributed by atoms with Gasteiger partial charge in [-0.1, -0.05) is 12.1 Å². The number of benzene rings is 1. The molecule has 1 fully saturated rings. The molecule has 1 aliphatic heterocycles. The Hall–Kier alpha value is -2.63. The molecule has 0 unspecified atom stereocenters. The predicted octanol–water partition coefficient (Wildman–Crippen LogP) is 2.69. The van der Waals surface area contributed by atoms with Crippen LogP contribution in [0.15, 0.2) is 43.0 Å². The number of likely N-dealkylation sites (tertiary alicyclic amines) is 1. The Morgan fingerprint density at radius 1 is 1.33 bits per heavy atom. The van der Waals surface area contributed by atoms with Gasteiger partial charge in [0.05, 0.1) is 29.6 Å². The molecular weight excluding hydrogens is 302 g/mol. The zero-order valence-corrected chi connectivity index (χ0v) is 14.0. The molecule has 6 heteroatoms.